The second-order valence-electron chi connectivity index (χ2n) is 5.19. The lowest BCUT2D eigenvalue weighted by atomic mass is 9.83. The highest BCUT2D eigenvalue weighted by molar-refractivity contribution is 9.10. The van der Waals surface area contributed by atoms with Crippen LogP contribution in [-0.4, -0.2) is 16.1 Å². The molecule has 100 valence electrons. The molecule has 0 radical (unpaired) electrons. The van der Waals surface area contributed by atoms with Crippen LogP contribution >= 0.6 is 15.9 Å². The number of aliphatic carboxylic acids is 1. The van der Waals surface area contributed by atoms with E-state index >= 15 is 0 Å². The van der Waals surface area contributed by atoms with E-state index in [2.05, 4.69) is 20.9 Å². The van der Waals surface area contributed by atoms with Crippen LogP contribution < -0.4 is 0 Å². The predicted octanol–water partition coefficient (Wildman–Crippen LogP) is 3.78. The number of nitrogens with zero attached hydrogens (tertiary/aromatic N) is 1. The fraction of sp³-hybridized carbons (Fsp3) is 0.429. The van der Waals surface area contributed by atoms with Gasteiger partial charge in [-0.2, -0.15) is 0 Å². The van der Waals surface area contributed by atoms with Gasteiger partial charge in [0.05, 0.1) is 5.41 Å². The average Bonchev–Trinajstić information content (AvgIpc) is 2.96. The van der Waals surface area contributed by atoms with Crippen LogP contribution in [0, 0.1) is 5.41 Å². The molecule has 4 nitrogen and oxygen atoms in total. The number of halogens is 1. The lowest BCUT2D eigenvalue weighted by Crippen LogP contribution is -2.30. The lowest BCUT2D eigenvalue weighted by molar-refractivity contribution is -0.148. The van der Waals surface area contributed by atoms with E-state index in [1.165, 1.54) is 0 Å². The normalized spacial score (nSPS) is 17.9. The Morgan fingerprint density at radius 3 is 2.84 bits per heavy atom. The molecule has 1 aromatic heterocycles. The number of benzene rings is 1. The third-order valence-electron chi connectivity index (χ3n) is 3.90. The molecule has 0 aliphatic heterocycles. The molecule has 1 aliphatic rings. The maximum atomic E-state index is 11.5. The molecule has 1 heterocycles. The van der Waals surface area contributed by atoms with Crippen molar-refractivity contribution in [2.75, 3.05) is 0 Å². The summed E-state index contributed by atoms with van der Waals surface area (Å²) in [4.78, 5) is 15.9. The second kappa shape index (κ2) is 4.63. The minimum Gasteiger partial charge on any atom is -0.481 e. The van der Waals surface area contributed by atoms with Gasteiger partial charge in [-0.05, 0) is 31.0 Å². The summed E-state index contributed by atoms with van der Waals surface area (Å²) in [6.45, 7) is 0. The minimum absolute atomic E-state index is 0.384. The monoisotopic (exact) mass is 323 g/mol. The zero-order valence-corrected chi connectivity index (χ0v) is 11.9. The highest BCUT2D eigenvalue weighted by Crippen LogP contribution is 2.41. The van der Waals surface area contributed by atoms with Crippen molar-refractivity contribution in [2.45, 2.75) is 32.1 Å². The van der Waals surface area contributed by atoms with Gasteiger partial charge < -0.3 is 9.52 Å². The maximum Gasteiger partial charge on any atom is 0.310 e. The largest absolute Gasteiger partial charge is 0.481 e. The van der Waals surface area contributed by atoms with Gasteiger partial charge >= 0.3 is 5.97 Å². The van der Waals surface area contributed by atoms with Gasteiger partial charge in [0.2, 0.25) is 0 Å². The van der Waals surface area contributed by atoms with Crippen molar-refractivity contribution in [3.63, 3.8) is 0 Å². The number of carboxylic acids is 1. The molecule has 2 aromatic rings. The molecule has 0 amide bonds. The van der Waals surface area contributed by atoms with Crippen LogP contribution in [0.4, 0.5) is 0 Å². The Kier molecular flexibility index (Phi) is 3.09. The molecule has 0 unspecified atom stereocenters. The Balaban J connectivity index is 1.94. The van der Waals surface area contributed by atoms with E-state index in [-0.39, 0.29) is 0 Å². The number of oxazole rings is 1. The molecule has 1 N–H and O–H groups in total. The Morgan fingerprint density at radius 2 is 2.16 bits per heavy atom. The van der Waals surface area contributed by atoms with Gasteiger partial charge in [-0.25, -0.2) is 4.98 Å². The first-order valence-corrected chi connectivity index (χ1v) is 7.17. The number of carboxylic acid groups (broad SMARTS) is 1. The first kappa shape index (κ1) is 12.7. The molecule has 0 saturated heterocycles. The highest BCUT2D eigenvalue weighted by atomic mass is 79.9. The zero-order chi connectivity index (χ0) is 13.5. The third-order valence-corrected chi connectivity index (χ3v) is 4.39. The number of fused-ring (bicyclic) bond motifs is 1. The van der Waals surface area contributed by atoms with Crippen LogP contribution in [0.1, 0.15) is 31.6 Å². The van der Waals surface area contributed by atoms with Crippen molar-refractivity contribution in [3.05, 3.63) is 28.6 Å². The molecule has 5 heteroatoms. The molecular formula is C14H14BrNO3. The molecule has 0 spiro atoms. The van der Waals surface area contributed by atoms with Crippen molar-refractivity contribution in [1.29, 1.82) is 0 Å². The van der Waals surface area contributed by atoms with Crippen LogP contribution in [0.5, 0.6) is 0 Å². The smallest absolute Gasteiger partial charge is 0.310 e. The van der Waals surface area contributed by atoms with Gasteiger partial charge in [-0.1, -0.05) is 28.8 Å². The molecule has 1 saturated carbocycles. The van der Waals surface area contributed by atoms with E-state index < -0.39 is 11.4 Å². The van der Waals surface area contributed by atoms with Crippen LogP contribution in [0.3, 0.4) is 0 Å². The molecule has 3 rings (SSSR count). The topological polar surface area (TPSA) is 63.3 Å². The van der Waals surface area contributed by atoms with Gasteiger partial charge in [0.25, 0.3) is 0 Å². The number of hydrogen-bond donors (Lipinski definition) is 1. The predicted molar refractivity (Wildman–Crippen MR) is 73.9 cm³/mol. The fourth-order valence-corrected chi connectivity index (χ4v) is 3.18. The standard InChI is InChI=1S/C14H14BrNO3/c15-9-3-4-11-10(7-9)16-12(19-11)8-14(13(17)18)5-1-2-6-14/h3-4,7H,1-2,5-6,8H2,(H,17,18). The van der Waals surface area contributed by atoms with E-state index in [1.54, 1.807) is 0 Å². The molecule has 19 heavy (non-hydrogen) atoms. The summed E-state index contributed by atoms with van der Waals surface area (Å²) in [5.41, 5.74) is 0.789. The summed E-state index contributed by atoms with van der Waals surface area (Å²) in [6.07, 6.45) is 3.75. The molecule has 1 aromatic carbocycles. The summed E-state index contributed by atoms with van der Waals surface area (Å²) in [6, 6.07) is 5.61. The van der Waals surface area contributed by atoms with Crippen molar-refractivity contribution in [2.24, 2.45) is 5.41 Å². The van der Waals surface area contributed by atoms with Crippen molar-refractivity contribution in [1.82, 2.24) is 4.98 Å². The summed E-state index contributed by atoms with van der Waals surface area (Å²) in [7, 11) is 0. The molecule has 1 aliphatic carbocycles. The third kappa shape index (κ3) is 2.27. The quantitative estimate of drug-likeness (QED) is 0.933. The summed E-state index contributed by atoms with van der Waals surface area (Å²) in [5.74, 6) is -0.203. The van der Waals surface area contributed by atoms with E-state index in [9.17, 15) is 9.90 Å². The van der Waals surface area contributed by atoms with Gasteiger partial charge in [-0.3, -0.25) is 4.79 Å². The number of hydrogen-bond acceptors (Lipinski definition) is 3. The summed E-state index contributed by atoms with van der Waals surface area (Å²) in [5, 5.41) is 9.47. The molecule has 0 bridgehead atoms. The van der Waals surface area contributed by atoms with Crippen LogP contribution in [-0.2, 0) is 11.2 Å². The van der Waals surface area contributed by atoms with Gasteiger partial charge in [0.15, 0.2) is 11.5 Å². The van der Waals surface area contributed by atoms with E-state index in [1.807, 2.05) is 18.2 Å². The second-order valence-corrected chi connectivity index (χ2v) is 6.10. The highest BCUT2D eigenvalue weighted by Gasteiger charge is 2.42. The Hall–Kier alpha value is -1.36. The van der Waals surface area contributed by atoms with E-state index in [4.69, 9.17) is 4.42 Å². The zero-order valence-electron chi connectivity index (χ0n) is 10.4. The first-order valence-electron chi connectivity index (χ1n) is 6.37. The van der Waals surface area contributed by atoms with Gasteiger partial charge in [-0.15, -0.1) is 0 Å². The Morgan fingerprint density at radius 1 is 1.42 bits per heavy atom. The minimum atomic E-state index is -0.728. The van der Waals surface area contributed by atoms with Crippen molar-refractivity contribution in [3.8, 4) is 0 Å². The number of aromatic nitrogens is 1. The van der Waals surface area contributed by atoms with Crippen molar-refractivity contribution < 1.29 is 14.3 Å². The SMILES string of the molecule is O=C(O)C1(Cc2nc3cc(Br)ccc3o2)CCCC1. The van der Waals surface area contributed by atoms with Gasteiger partial charge in [0.1, 0.15) is 5.52 Å². The maximum absolute atomic E-state index is 11.5. The van der Waals surface area contributed by atoms with Crippen LogP contribution in [0.25, 0.3) is 11.1 Å². The Labute approximate surface area is 118 Å². The average molecular weight is 324 g/mol. The Bertz CT molecular complexity index is 629. The fourth-order valence-electron chi connectivity index (χ4n) is 2.83. The summed E-state index contributed by atoms with van der Waals surface area (Å²) >= 11 is 3.39. The number of rotatable bonds is 3. The molecule has 1 fully saturated rings. The first-order chi connectivity index (χ1) is 9.09. The van der Waals surface area contributed by atoms with E-state index in [0.717, 1.165) is 22.8 Å². The lowest BCUT2D eigenvalue weighted by Gasteiger charge is -2.21. The van der Waals surface area contributed by atoms with Crippen LogP contribution in [0.2, 0.25) is 0 Å². The molecular weight excluding hydrogens is 310 g/mol. The van der Waals surface area contributed by atoms with Crippen molar-refractivity contribution >= 4 is 33.0 Å². The molecule has 0 atom stereocenters. The van der Waals surface area contributed by atoms with Gasteiger partial charge in [0, 0.05) is 10.9 Å². The summed E-state index contributed by atoms with van der Waals surface area (Å²) < 4.78 is 6.60. The number of carbonyl (C=O) groups is 1. The van der Waals surface area contributed by atoms with E-state index in [0.29, 0.717) is 30.7 Å². The van der Waals surface area contributed by atoms with Crippen LogP contribution in [0.15, 0.2) is 27.1 Å².